The summed E-state index contributed by atoms with van der Waals surface area (Å²) in [5, 5.41) is 8.84. The summed E-state index contributed by atoms with van der Waals surface area (Å²) in [6.07, 6.45) is 1.59. The van der Waals surface area contributed by atoms with E-state index in [0.29, 0.717) is 0 Å². The van der Waals surface area contributed by atoms with Crippen LogP contribution in [-0.4, -0.2) is 74.2 Å². The number of carboxylic acid groups (broad SMARTS) is 1. The van der Waals surface area contributed by atoms with Crippen LogP contribution in [0.15, 0.2) is 0 Å². The zero-order valence-corrected chi connectivity index (χ0v) is 12.6. The summed E-state index contributed by atoms with van der Waals surface area (Å²) in [4.78, 5) is 10.8. The summed E-state index contributed by atoms with van der Waals surface area (Å²) in [6, 6.07) is -1.48. The predicted molar refractivity (Wildman–Crippen MR) is 68.6 cm³/mol. The topological polar surface area (TPSA) is 112 Å². The minimum atomic E-state index is -3.59. The highest BCUT2D eigenvalue weighted by Crippen LogP contribution is 2.23. The molecule has 2 atom stereocenters. The lowest BCUT2D eigenvalue weighted by Gasteiger charge is -2.42. The Morgan fingerprint density at radius 1 is 1.16 bits per heavy atom. The highest BCUT2D eigenvalue weighted by Gasteiger charge is 2.41. The Morgan fingerprint density at radius 3 is 2.05 bits per heavy atom. The number of piperazine rings is 1. The van der Waals surface area contributed by atoms with Gasteiger partial charge in [-0.3, -0.25) is 4.79 Å². The standard InChI is InChI=1S/C9H18N2O6S2/c1-7-5-10(18(2,14)15)6-8(4-9(12)13)11(7)19(3,16)17/h7-8H,4-6H2,1-3H3,(H,12,13)/t7-,8-/m0/s1. The van der Waals surface area contributed by atoms with Crippen LogP contribution in [0.3, 0.4) is 0 Å². The van der Waals surface area contributed by atoms with Crippen LogP contribution in [0, 0.1) is 0 Å². The smallest absolute Gasteiger partial charge is 0.305 e. The van der Waals surface area contributed by atoms with Gasteiger partial charge in [0, 0.05) is 25.2 Å². The van der Waals surface area contributed by atoms with Gasteiger partial charge in [-0.15, -0.1) is 0 Å². The molecule has 1 heterocycles. The first kappa shape index (κ1) is 16.3. The molecule has 1 fully saturated rings. The summed E-state index contributed by atoms with van der Waals surface area (Å²) in [5.41, 5.74) is 0. The molecule has 0 spiro atoms. The van der Waals surface area contributed by atoms with Crippen molar-refractivity contribution in [3.05, 3.63) is 0 Å². The van der Waals surface area contributed by atoms with Crippen LogP contribution in [0.5, 0.6) is 0 Å². The second-order valence-electron chi connectivity index (χ2n) is 4.77. The van der Waals surface area contributed by atoms with E-state index >= 15 is 0 Å². The normalized spacial score (nSPS) is 27.3. The van der Waals surface area contributed by atoms with E-state index in [1.54, 1.807) is 6.92 Å². The third-order valence-corrected chi connectivity index (χ3v) is 5.60. The summed E-state index contributed by atoms with van der Waals surface area (Å²) in [6.45, 7) is 1.46. The van der Waals surface area contributed by atoms with Crippen molar-refractivity contribution in [1.82, 2.24) is 8.61 Å². The van der Waals surface area contributed by atoms with Crippen molar-refractivity contribution in [1.29, 1.82) is 0 Å². The molecule has 0 amide bonds. The number of sulfonamides is 2. The van der Waals surface area contributed by atoms with Crippen molar-refractivity contribution in [3.63, 3.8) is 0 Å². The van der Waals surface area contributed by atoms with Crippen molar-refractivity contribution in [3.8, 4) is 0 Å². The number of carboxylic acids is 1. The van der Waals surface area contributed by atoms with Gasteiger partial charge in [0.25, 0.3) is 0 Å². The molecule has 0 radical (unpaired) electrons. The van der Waals surface area contributed by atoms with E-state index in [1.165, 1.54) is 0 Å². The molecule has 19 heavy (non-hydrogen) atoms. The van der Waals surface area contributed by atoms with Crippen LogP contribution < -0.4 is 0 Å². The lowest BCUT2D eigenvalue weighted by atomic mass is 10.1. The van der Waals surface area contributed by atoms with Crippen LogP contribution in [0.25, 0.3) is 0 Å². The lowest BCUT2D eigenvalue weighted by molar-refractivity contribution is -0.138. The third kappa shape index (κ3) is 4.13. The van der Waals surface area contributed by atoms with Gasteiger partial charge in [0.05, 0.1) is 18.9 Å². The highest BCUT2D eigenvalue weighted by atomic mass is 32.2. The van der Waals surface area contributed by atoms with E-state index in [4.69, 9.17) is 5.11 Å². The number of hydrogen-bond donors (Lipinski definition) is 1. The summed E-state index contributed by atoms with van der Waals surface area (Å²) in [5.74, 6) is -1.17. The monoisotopic (exact) mass is 314 g/mol. The molecule has 0 aliphatic carbocycles. The van der Waals surface area contributed by atoms with E-state index in [9.17, 15) is 21.6 Å². The quantitative estimate of drug-likeness (QED) is 0.694. The van der Waals surface area contributed by atoms with Gasteiger partial charge < -0.3 is 5.11 Å². The van der Waals surface area contributed by atoms with Crippen LogP contribution in [0.4, 0.5) is 0 Å². The van der Waals surface area contributed by atoms with Crippen LogP contribution >= 0.6 is 0 Å². The largest absolute Gasteiger partial charge is 0.481 e. The minimum Gasteiger partial charge on any atom is -0.481 e. The van der Waals surface area contributed by atoms with E-state index in [0.717, 1.165) is 21.1 Å². The molecule has 1 rings (SSSR count). The molecule has 0 bridgehead atoms. The van der Waals surface area contributed by atoms with Gasteiger partial charge in [0.1, 0.15) is 0 Å². The number of carbonyl (C=O) groups is 1. The van der Waals surface area contributed by atoms with Crippen molar-refractivity contribution >= 4 is 26.0 Å². The van der Waals surface area contributed by atoms with E-state index < -0.39 is 44.5 Å². The number of nitrogens with zero attached hydrogens (tertiary/aromatic N) is 2. The molecular weight excluding hydrogens is 296 g/mol. The Labute approximate surface area is 113 Å². The molecule has 10 heteroatoms. The minimum absolute atomic E-state index is 0.0298. The Hall–Kier alpha value is -0.710. The molecule has 1 saturated heterocycles. The molecule has 1 N–H and O–H groups in total. The number of hydrogen-bond acceptors (Lipinski definition) is 5. The van der Waals surface area contributed by atoms with E-state index in [2.05, 4.69) is 0 Å². The Kier molecular flexibility index (Phi) is 4.60. The first-order valence-electron chi connectivity index (χ1n) is 5.58. The first-order valence-corrected chi connectivity index (χ1v) is 9.28. The molecule has 1 aliphatic heterocycles. The van der Waals surface area contributed by atoms with Gasteiger partial charge in [-0.05, 0) is 6.92 Å². The van der Waals surface area contributed by atoms with Crippen molar-refractivity contribution in [2.24, 2.45) is 0 Å². The average molecular weight is 314 g/mol. The summed E-state index contributed by atoms with van der Waals surface area (Å²) in [7, 11) is -7.07. The van der Waals surface area contributed by atoms with Crippen molar-refractivity contribution in [2.75, 3.05) is 25.6 Å². The van der Waals surface area contributed by atoms with Gasteiger partial charge in [-0.2, -0.15) is 8.61 Å². The molecule has 1 aliphatic rings. The van der Waals surface area contributed by atoms with Crippen LogP contribution in [0.1, 0.15) is 13.3 Å². The second-order valence-corrected chi connectivity index (χ2v) is 8.64. The Morgan fingerprint density at radius 2 is 1.68 bits per heavy atom. The fourth-order valence-electron chi connectivity index (χ4n) is 2.35. The number of aliphatic carboxylic acids is 1. The van der Waals surface area contributed by atoms with Crippen LogP contribution in [-0.2, 0) is 24.8 Å². The van der Waals surface area contributed by atoms with Gasteiger partial charge in [-0.1, -0.05) is 0 Å². The highest BCUT2D eigenvalue weighted by molar-refractivity contribution is 7.88. The molecule has 0 aromatic rings. The molecule has 8 nitrogen and oxygen atoms in total. The predicted octanol–water partition coefficient (Wildman–Crippen LogP) is -1.24. The van der Waals surface area contributed by atoms with E-state index in [-0.39, 0.29) is 13.1 Å². The Bertz CT molecular complexity index is 555. The fourth-order valence-corrected chi connectivity index (χ4v) is 4.68. The van der Waals surface area contributed by atoms with Gasteiger partial charge in [-0.25, -0.2) is 16.8 Å². The molecule has 0 unspecified atom stereocenters. The molecule has 0 aromatic carbocycles. The average Bonchev–Trinajstić information content (AvgIpc) is 2.11. The molecule has 112 valence electrons. The Balaban J connectivity index is 3.11. The van der Waals surface area contributed by atoms with E-state index in [1.807, 2.05) is 0 Å². The fraction of sp³-hybridized carbons (Fsp3) is 0.889. The number of rotatable bonds is 4. The zero-order chi connectivity index (χ0) is 15.0. The maximum Gasteiger partial charge on any atom is 0.305 e. The van der Waals surface area contributed by atoms with Crippen LogP contribution in [0.2, 0.25) is 0 Å². The van der Waals surface area contributed by atoms with Gasteiger partial charge in [0.15, 0.2) is 0 Å². The SMILES string of the molecule is C[C@H]1CN(S(C)(=O)=O)C[C@H](CC(=O)O)N1S(C)(=O)=O. The first-order chi connectivity index (χ1) is 8.43. The second kappa shape index (κ2) is 5.35. The zero-order valence-electron chi connectivity index (χ0n) is 11.0. The molecule has 0 aromatic heterocycles. The lowest BCUT2D eigenvalue weighted by Crippen LogP contribution is -2.60. The summed E-state index contributed by atoms with van der Waals surface area (Å²) < 4.78 is 48.7. The van der Waals surface area contributed by atoms with Gasteiger partial charge in [0.2, 0.25) is 20.0 Å². The molecule has 0 saturated carbocycles. The molecular formula is C9H18N2O6S2. The van der Waals surface area contributed by atoms with Crippen molar-refractivity contribution in [2.45, 2.75) is 25.4 Å². The van der Waals surface area contributed by atoms with Crippen molar-refractivity contribution < 1.29 is 26.7 Å². The third-order valence-electron chi connectivity index (χ3n) is 2.94. The maximum atomic E-state index is 11.7. The van der Waals surface area contributed by atoms with Gasteiger partial charge >= 0.3 is 5.97 Å². The summed E-state index contributed by atoms with van der Waals surface area (Å²) >= 11 is 0. The maximum absolute atomic E-state index is 11.7.